The number of hydrogen-bond donors (Lipinski definition) is 0. The number of benzene rings is 1. The van der Waals surface area contributed by atoms with E-state index < -0.39 is 0 Å². The van der Waals surface area contributed by atoms with Crippen molar-refractivity contribution in [3.05, 3.63) is 53.9 Å². The average Bonchev–Trinajstić information content (AvgIpc) is 3.47. The predicted octanol–water partition coefficient (Wildman–Crippen LogP) is 3.44. The predicted molar refractivity (Wildman–Crippen MR) is 112 cm³/mol. The Morgan fingerprint density at radius 2 is 1.93 bits per heavy atom. The van der Waals surface area contributed by atoms with E-state index in [2.05, 4.69) is 15.0 Å². The molecule has 6 nitrogen and oxygen atoms in total. The molecule has 0 atom stereocenters. The van der Waals surface area contributed by atoms with Gasteiger partial charge in [-0.15, -0.1) is 0 Å². The molecule has 1 fully saturated rings. The van der Waals surface area contributed by atoms with Crippen LogP contribution in [-0.4, -0.2) is 51.7 Å². The van der Waals surface area contributed by atoms with Crippen LogP contribution in [0.2, 0.25) is 0 Å². The van der Waals surface area contributed by atoms with Gasteiger partial charge in [-0.25, -0.2) is 9.50 Å². The Morgan fingerprint density at radius 3 is 2.69 bits per heavy atom. The molecule has 0 amide bonds. The van der Waals surface area contributed by atoms with Crippen LogP contribution in [0.1, 0.15) is 41.9 Å². The highest BCUT2D eigenvalue weighted by atomic mass is 16.1. The van der Waals surface area contributed by atoms with Gasteiger partial charge in [-0.2, -0.15) is 5.10 Å². The highest BCUT2D eigenvalue weighted by Crippen LogP contribution is 2.30. The summed E-state index contributed by atoms with van der Waals surface area (Å²) in [5.41, 5.74) is 3.20. The van der Waals surface area contributed by atoms with E-state index in [1.54, 1.807) is 4.52 Å². The van der Waals surface area contributed by atoms with Crippen molar-refractivity contribution in [2.24, 2.45) is 5.92 Å². The topological polar surface area (TPSA) is 67.6 Å². The lowest BCUT2D eigenvalue weighted by molar-refractivity contribution is -0.119. The summed E-state index contributed by atoms with van der Waals surface area (Å²) in [4.78, 5) is 31.3. The zero-order valence-corrected chi connectivity index (χ0v) is 17.0. The molecule has 3 aromatic rings. The van der Waals surface area contributed by atoms with Crippen LogP contribution in [0.3, 0.4) is 0 Å². The SMILES string of the molecule is CN(C)CCCC(=O)c1cccc(-c2cccc3nc(CC(=O)C4CC4)nn23)c1. The molecule has 6 heteroatoms. The Labute approximate surface area is 170 Å². The number of carbonyl (C=O) groups is 2. The third-order valence-corrected chi connectivity index (χ3v) is 5.26. The van der Waals surface area contributed by atoms with E-state index in [1.165, 1.54) is 0 Å². The van der Waals surface area contributed by atoms with Crippen molar-refractivity contribution in [1.82, 2.24) is 19.5 Å². The minimum Gasteiger partial charge on any atom is -0.309 e. The number of carbonyl (C=O) groups excluding carboxylic acids is 2. The number of Topliss-reactive ketones (excluding diaryl/α,β-unsaturated/α-hetero) is 2. The zero-order chi connectivity index (χ0) is 20.4. The van der Waals surface area contributed by atoms with Gasteiger partial charge < -0.3 is 4.90 Å². The molecule has 0 saturated heterocycles. The Morgan fingerprint density at radius 1 is 1.14 bits per heavy atom. The standard InChI is InChI=1S/C23H26N4O2/c1-26(2)13-5-9-20(28)18-7-3-6-17(14-18)19-8-4-10-23-24-22(25-27(19)23)15-21(29)16-11-12-16/h3-4,6-8,10,14,16H,5,9,11-13,15H2,1-2H3. The lowest BCUT2D eigenvalue weighted by Crippen LogP contribution is -2.14. The van der Waals surface area contributed by atoms with E-state index in [0.717, 1.165) is 37.1 Å². The third kappa shape index (κ3) is 4.59. The molecule has 1 saturated carbocycles. The van der Waals surface area contributed by atoms with Crippen LogP contribution in [0.15, 0.2) is 42.5 Å². The molecule has 1 aliphatic rings. The van der Waals surface area contributed by atoms with Crippen molar-refractivity contribution in [3.63, 3.8) is 0 Å². The van der Waals surface area contributed by atoms with E-state index in [0.29, 0.717) is 23.5 Å². The van der Waals surface area contributed by atoms with Gasteiger partial charge in [-0.3, -0.25) is 9.59 Å². The van der Waals surface area contributed by atoms with Crippen LogP contribution in [0, 0.1) is 5.92 Å². The lowest BCUT2D eigenvalue weighted by Gasteiger charge is -2.09. The molecule has 1 aliphatic carbocycles. The van der Waals surface area contributed by atoms with Gasteiger partial charge in [0.25, 0.3) is 0 Å². The molecule has 0 aliphatic heterocycles. The Bertz CT molecular complexity index is 1050. The summed E-state index contributed by atoms with van der Waals surface area (Å²) in [5, 5.41) is 4.58. The number of hydrogen-bond acceptors (Lipinski definition) is 5. The second-order valence-electron chi connectivity index (χ2n) is 8.04. The summed E-state index contributed by atoms with van der Waals surface area (Å²) in [5.74, 6) is 1.14. The van der Waals surface area contributed by atoms with E-state index in [-0.39, 0.29) is 23.9 Å². The lowest BCUT2D eigenvalue weighted by atomic mass is 10.0. The van der Waals surface area contributed by atoms with Crippen molar-refractivity contribution in [2.45, 2.75) is 32.1 Å². The minimum atomic E-state index is 0.148. The highest BCUT2D eigenvalue weighted by Gasteiger charge is 2.30. The first-order valence-corrected chi connectivity index (χ1v) is 10.2. The smallest absolute Gasteiger partial charge is 0.162 e. The van der Waals surface area contributed by atoms with Gasteiger partial charge in [-0.05, 0) is 58.1 Å². The molecule has 4 rings (SSSR count). The number of nitrogens with zero attached hydrogens (tertiary/aromatic N) is 4. The molecular formula is C23H26N4O2. The Balaban J connectivity index is 1.58. The second kappa shape index (κ2) is 8.25. The fourth-order valence-corrected chi connectivity index (χ4v) is 3.50. The highest BCUT2D eigenvalue weighted by molar-refractivity contribution is 5.97. The Hall–Kier alpha value is -2.86. The van der Waals surface area contributed by atoms with Crippen LogP contribution < -0.4 is 0 Å². The fraction of sp³-hybridized carbons (Fsp3) is 0.391. The van der Waals surface area contributed by atoms with Gasteiger partial charge >= 0.3 is 0 Å². The van der Waals surface area contributed by atoms with Crippen LogP contribution in [0.5, 0.6) is 0 Å². The monoisotopic (exact) mass is 390 g/mol. The molecule has 0 N–H and O–H groups in total. The summed E-state index contributed by atoms with van der Waals surface area (Å²) in [7, 11) is 4.02. The maximum atomic E-state index is 12.6. The molecular weight excluding hydrogens is 364 g/mol. The van der Waals surface area contributed by atoms with Crippen LogP contribution in [-0.2, 0) is 11.2 Å². The second-order valence-corrected chi connectivity index (χ2v) is 8.04. The van der Waals surface area contributed by atoms with Gasteiger partial charge in [0.1, 0.15) is 5.78 Å². The molecule has 0 bridgehead atoms. The first-order chi connectivity index (χ1) is 14.0. The quantitative estimate of drug-likeness (QED) is 0.524. The summed E-state index contributed by atoms with van der Waals surface area (Å²) < 4.78 is 1.77. The van der Waals surface area contributed by atoms with E-state index in [9.17, 15) is 9.59 Å². The molecule has 0 spiro atoms. The van der Waals surface area contributed by atoms with Gasteiger partial charge in [0.2, 0.25) is 0 Å². The Kier molecular flexibility index (Phi) is 5.53. The van der Waals surface area contributed by atoms with Crippen LogP contribution in [0.25, 0.3) is 16.9 Å². The first-order valence-electron chi connectivity index (χ1n) is 10.2. The molecule has 29 heavy (non-hydrogen) atoms. The third-order valence-electron chi connectivity index (χ3n) is 5.26. The molecule has 2 aromatic heterocycles. The molecule has 2 heterocycles. The molecule has 0 radical (unpaired) electrons. The van der Waals surface area contributed by atoms with Gasteiger partial charge in [0, 0.05) is 23.5 Å². The van der Waals surface area contributed by atoms with Crippen molar-refractivity contribution in [1.29, 1.82) is 0 Å². The number of aromatic nitrogens is 3. The number of pyridine rings is 1. The molecule has 150 valence electrons. The van der Waals surface area contributed by atoms with E-state index >= 15 is 0 Å². The van der Waals surface area contributed by atoms with Crippen molar-refractivity contribution in [2.75, 3.05) is 20.6 Å². The first kappa shape index (κ1) is 19.5. The van der Waals surface area contributed by atoms with Gasteiger partial charge in [-0.1, -0.05) is 24.3 Å². The molecule has 0 unspecified atom stereocenters. The molecule has 1 aromatic carbocycles. The summed E-state index contributed by atoms with van der Waals surface area (Å²) in [6.45, 7) is 0.895. The number of ketones is 2. The fourth-order valence-electron chi connectivity index (χ4n) is 3.50. The van der Waals surface area contributed by atoms with E-state index in [4.69, 9.17) is 0 Å². The summed E-state index contributed by atoms with van der Waals surface area (Å²) in [6, 6.07) is 13.4. The van der Waals surface area contributed by atoms with Crippen molar-refractivity contribution < 1.29 is 9.59 Å². The van der Waals surface area contributed by atoms with Crippen LogP contribution >= 0.6 is 0 Å². The summed E-state index contributed by atoms with van der Waals surface area (Å²) >= 11 is 0. The zero-order valence-electron chi connectivity index (χ0n) is 17.0. The average molecular weight is 390 g/mol. The number of rotatable bonds is 9. The normalized spacial score (nSPS) is 13.9. The van der Waals surface area contributed by atoms with Crippen molar-refractivity contribution >= 4 is 17.2 Å². The number of fused-ring (bicyclic) bond motifs is 1. The largest absolute Gasteiger partial charge is 0.309 e. The van der Waals surface area contributed by atoms with Crippen molar-refractivity contribution in [3.8, 4) is 11.3 Å². The maximum Gasteiger partial charge on any atom is 0.162 e. The summed E-state index contributed by atoms with van der Waals surface area (Å²) in [6.07, 6.45) is 3.64. The van der Waals surface area contributed by atoms with E-state index in [1.807, 2.05) is 56.6 Å². The van der Waals surface area contributed by atoms with Gasteiger partial charge in [0.15, 0.2) is 17.3 Å². The minimum absolute atomic E-state index is 0.148. The van der Waals surface area contributed by atoms with Crippen LogP contribution in [0.4, 0.5) is 0 Å². The van der Waals surface area contributed by atoms with Gasteiger partial charge in [0.05, 0.1) is 12.1 Å². The maximum absolute atomic E-state index is 12.6.